The van der Waals surface area contributed by atoms with Crippen molar-refractivity contribution in [1.82, 2.24) is 20.3 Å². The topological polar surface area (TPSA) is 83.0 Å². The van der Waals surface area contributed by atoms with E-state index in [1.54, 1.807) is 24.7 Å². The van der Waals surface area contributed by atoms with Crippen LogP contribution >= 0.6 is 0 Å². The van der Waals surface area contributed by atoms with Crippen molar-refractivity contribution in [3.63, 3.8) is 0 Å². The Morgan fingerprint density at radius 3 is 2.36 bits per heavy atom. The third kappa shape index (κ3) is 5.03. The summed E-state index contributed by atoms with van der Waals surface area (Å²) in [4.78, 5) is 27.1. The van der Waals surface area contributed by atoms with Crippen LogP contribution in [0.4, 0.5) is 17.3 Å². The Bertz CT molecular complexity index is 894. The molecule has 0 aliphatic carbocycles. The summed E-state index contributed by atoms with van der Waals surface area (Å²) in [5, 5.41) is 5.99. The Hall–Kier alpha value is -3.48. The number of carbonyl (C=O) groups is 1. The van der Waals surface area contributed by atoms with Crippen molar-refractivity contribution < 1.29 is 4.79 Å². The zero-order valence-corrected chi connectivity index (χ0v) is 16.1. The standard InChI is InChI=1S/C21H24N6O/c1-3-27(4-2)18-7-5-17(6-8-18)25-21-23-14-11-19(26-21)20(28)24-15-16-9-12-22-13-10-16/h5-14H,3-4,15H2,1-2H3,(H,24,28)(H,23,25,26). The number of amides is 1. The van der Waals surface area contributed by atoms with Crippen molar-refractivity contribution in [2.24, 2.45) is 0 Å². The number of benzene rings is 1. The number of carbonyl (C=O) groups excluding carboxylic acids is 1. The average molecular weight is 376 g/mol. The first kappa shape index (κ1) is 19.3. The van der Waals surface area contributed by atoms with Gasteiger partial charge in [0.2, 0.25) is 5.95 Å². The van der Waals surface area contributed by atoms with E-state index in [0.29, 0.717) is 18.2 Å². The summed E-state index contributed by atoms with van der Waals surface area (Å²) in [7, 11) is 0. The van der Waals surface area contributed by atoms with Gasteiger partial charge in [-0.25, -0.2) is 9.97 Å². The van der Waals surface area contributed by atoms with Gasteiger partial charge in [-0.3, -0.25) is 9.78 Å². The van der Waals surface area contributed by atoms with E-state index in [2.05, 4.69) is 56.5 Å². The van der Waals surface area contributed by atoms with Crippen LogP contribution in [0.25, 0.3) is 0 Å². The molecule has 3 rings (SSSR count). The molecule has 7 heteroatoms. The lowest BCUT2D eigenvalue weighted by Gasteiger charge is -2.21. The second-order valence-electron chi connectivity index (χ2n) is 6.15. The van der Waals surface area contributed by atoms with Gasteiger partial charge in [0.15, 0.2) is 0 Å². The first-order valence-electron chi connectivity index (χ1n) is 9.31. The van der Waals surface area contributed by atoms with Crippen molar-refractivity contribution in [3.05, 3.63) is 72.3 Å². The monoisotopic (exact) mass is 376 g/mol. The summed E-state index contributed by atoms with van der Waals surface area (Å²) in [6.45, 7) is 6.61. The highest BCUT2D eigenvalue weighted by Gasteiger charge is 2.09. The second kappa shape index (κ2) is 9.45. The van der Waals surface area contributed by atoms with Gasteiger partial charge in [0.1, 0.15) is 5.69 Å². The number of aromatic nitrogens is 3. The minimum atomic E-state index is -0.251. The highest BCUT2D eigenvalue weighted by Crippen LogP contribution is 2.19. The predicted octanol–water partition coefficient (Wildman–Crippen LogP) is 3.39. The molecule has 0 aliphatic heterocycles. The van der Waals surface area contributed by atoms with Crippen LogP contribution in [0.5, 0.6) is 0 Å². The molecule has 0 radical (unpaired) electrons. The molecule has 0 bridgehead atoms. The van der Waals surface area contributed by atoms with Crippen LogP contribution < -0.4 is 15.5 Å². The van der Waals surface area contributed by atoms with E-state index >= 15 is 0 Å². The highest BCUT2D eigenvalue weighted by atomic mass is 16.1. The van der Waals surface area contributed by atoms with Gasteiger partial charge in [-0.1, -0.05) is 0 Å². The third-order valence-electron chi connectivity index (χ3n) is 4.34. The summed E-state index contributed by atoms with van der Waals surface area (Å²) in [5.41, 5.74) is 3.32. The Labute approximate surface area is 164 Å². The Morgan fingerprint density at radius 1 is 0.964 bits per heavy atom. The molecule has 0 fully saturated rings. The number of hydrogen-bond acceptors (Lipinski definition) is 6. The van der Waals surface area contributed by atoms with Crippen molar-refractivity contribution in [3.8, 4) is 0 Å². The molecule has 2 N–H and O–H groups in total. The maximum atomic E-state index is 12.4. The molecular weight excluding hydrogens is 352 g/mol. The highest BCUT2D eigenvalue weighted by molar-refractivity contribution is 5.92. The van der Waals surface area contributed by atoms with Crippen molar-refractivity contribution >= 4 is 23.2 Å². The molecular formula is C21H24N6O. The van der Waals surface area contributed by atoms with Gasteiger partial charge in [-0.05, 0) is 61.9 Å². The second-order valence-corrected chi connectivity index (χ2v) is 6.15. The van der Waals surface area contributed by atoms with Gasteiger partial charge >= 0.3 is 0 Å². The molecule has 1 amide bonds. The first-order valence-corrected chi connectivity index (χ1v) is 9.31. The van der Waals surface area contributed by atoms with E-state index in [1.165, 1.54) is 5.69 Å². The van der Waals surface area contributed by atoms with Gasteiger partial charge in [-0.2, -0.15) is 0 Å². The van der Waals surface area contributed by atoms with E-state index in [0.717, 1.165) is 24.3 Å². The fourth-order valence-electron chi connectivity index (χ4n) is 2.79. The zero-order chi connectivity index (χ0) is 19.8. The van der Waals surface area contributed by atoms with Crippen molar-refractivity contribution in [1.29, 1.82) is 0 Å². The predicted molar refractivity (Wildman–Crippen MR) is 111 cm³/mol. The molecule has 1 aromatic carbocycles. The molecule has 3 aromatic rings. The quantitative estimate of drug-likeness (QED) is 0.627. The van der Waals surface area contributed by atoms with Crippen molar-refractivity contribution in [2.45, 2.75) is 20.4 Å². The van der Waals surface area contributed by atoms with Crippen LogP contribution in [0.1, 0.15) is 29.9 Å². The van der Waals surface area contributed by atoms with E-state index < -0.39 is 0 Å². The maximum Gasteiger partial charge on any atom is 0.270 e. The molecule has 0 aliphatic rings. The lowest BCUT2D eigenvalue weighted by atomic mass is 10.2. The fraction of sp³-hybridized carbons (Fsp3) is 0.238. The fourth-order valence-corrected chi connectivity index (χ4v) is 2.79. The zero-order valence-electron chi connectivity index (χ0n) is 16.1. The van der Waals surface area contributed by atoms with Crippen LogP contribution in [-0.2, 0) is 6.54 Å². The number of rotatable bonds is 8. The van der Waals surface area contributed by atoms with E-state index in [9.17, 15) is 4.79 Å². The van der Waals surface area contributed by atoms with Crippen molar-refractivity contribution in [2.75, 3.05) is 23.3 Å². The van der Waals surface area contributed by atoms with Gasteiger partial charge in [0, 0.05) is 49.6 Å². The SMILES string of the molecule is CCN(CC)c1ccc(Nc2nccc(C(=O)NCc3ccncc3)n2)cc1. The first-order chi connectivity index (χ1) is 13.7. The number of nitrogens with one attached hydrogen (secondary N) is 2. The molecule has 144 valence electrons. The Kier molecular flexibility index (Phi) is 6.51. The smallest absolute Gasteiger partial charge is 0.270 e. The average Bonchev–Trinajstić information content (AvgIpc) is 2.75. The van der Waals surface area contributed by atoms with Crippen LogP contribution in [0.2, 0.25) is 0 Å². The number of nitrogens with zero attached hydrogens (tertiary/aromatic N) is 4. The van der Waals surface area contributed by atoms with Gasteiger partial charge in [0.25, 0.3) is 5.91 Å². The van der Waals surface area contributed by atoms with Crippen LogP contribution in [0, 0.1) is 0 Å². The number of hydrogen-bond donors (Lipinski definition) is 2. The van der Waals surface area contributed by atoms with Crippen LogP contribution in [-0.4, -0.2) is 33.9 Å². The molecule has 7 nitrogen and oxygen atoms in total. The molecule has 2 heterocycles. The van der Waals surface area contributed by atoms with Crippen LogP contribution in [0.3, 0.4) is 0 Å². The number of pyridine rings is 1. The van der Waals surface area contributed by atoms with E-state index in [4.69, 9.17) is 0 Å². The molecule has 2 aromatic heterocycles. The molecule has 0 unspecified atom stereocenters. The lowest BCUT2D eigenvalue weighted by molar-refractivity contribution is 0.0946. The number of anilines is 3. The molecule has 28 heavy (non-hydrogen) atoms. The molecule has 0 spiro atoms. The summed E-state index contributed by atoms with van der Waals surface area (Å²) in [5.74, 6) is 0.131. The molecule has 0 atom stereocenters. The Morgan fingerprint density at radius 2 is 1.68 bits per heavy atom. The Balaban J connectivity index is 1.63. The lowest BCUT2D eigenvalue weighted by Crippen LogP contribution is -2.24. The molecule has 0 saturated heterocycles. The summed E-state index contributed by atoms with van der Waals surface area (Å²) in [6, 6.07) is 13.4. The van der Waals surface area contributed by atoms with Gasteiger partial charge < -0.3 is 15.5 Å². The summed E-state index contributed by atoms with van der Waals surface area (Å²) in [6.07, 6.45) is 4.96. The van der Waals surface area contributed by atoms with Gasteiger partial charge in [0.05, 0.1) is 0 Å². The normalized spacial score (nSPS) is 10.4. The van der Waals surface area contributed by atoms with E-state index in [1.807, 2.05) is 24.3 Å². The van der Waals surface area contributed by atoms with Gasteiger partial charge in [-0.15, -0.1) is 0 Å². The van der Waals surface area contributed by atoms with Crippen LogP contribution in [0.15, 0.2) is 61.1 Å². The third-order valence-corrected chi connectivity index (χ3v) is 4.34. The van der Waals surface area contributed by atoms with E-state index in [-0.39, 0.29) is 5.91 Å². The minimum Gasteiger partial charge on any atom is -0.372 e. The largest absolute Gasteiger partial charge is 0.372 e. The molecule has 0 saturated carbocycles. The minimum absolute atomic E-state index is 0.251. The summed E-state index contributed by atoms with van der Waals surface area (Å²) < 4.78 is 0. The maximum absolute atomic E-state index is 12.4. The summed E-state index contributed by atoms with van der Waals surface area (Å²) >= 11 is 0.